The fourth-order valence-corrected chi connectivity index (χ4v) is 2.82. The second-order valence-corrected chi connectivity index (χ2v) is 5.87. The molecule has 0 aliphatic carbocycles. The van der Waals surface area contributed by atoms with Gasteiger partial charge < -0.3 is 9.84 Å². The maximum absolute atomic E-state index is 11.7. The van der Waals surface area contributed by atoms with E-state index in [1.54, 1.807) is 0 Å². The number of hydrogen-bond donors (Lipinski definition) is 1. The first kappa shape index (κ1) is 15.8. The number of phenols is 1. The summed E-state index contributed by atoms with van der Waals surface area (Å²) < 4.78 is 5.09. The van der Waals surface area contributed by atoms with Crippen LogP contribution in [0.15, 0.2) is 12.1 Å². The Labute approximate surface area is 126 Å². The van der Waals surface area contributed by atoms with Gasteiger partial charge in [-0.05, 0) is 63.9 Å². The van der Waals surface area contributed by atoms with Gasteiger partial charge in [0.1, 0.15) is 5.75 Å². The minimum Gasteiger partial charge on any atom is -0.508 e. The Morgan fingerprint density at radius 1 is 1.29 bits per heavy atom. The number of ether oxygens (including phenoxy) is 1. The quantitative estimate of drug-likeness (QED) is 0.867. The molecule has 0 aromatic heterocycles. The number of benzene rings is 1. The molecule has 1 aliphatic rings. The summed E-state index contributed by atoms with van der Waals surface area (Å²) in [6.45, 7) is 8.84. The number of nitrogens with zero attached hydrogens (tertiary/aromatic N) is 1. The molecule has 0 unspecified atom stereocenters. The maximum atomic E-state index is 11.7. The van der Waals surface area contributed by atoms with Crippen LogP contribution in [0.2, 0.25) is 0 Å². The van der Waals surface area contributed by atoms with E-state index in [-0.39, 0.29) is 11.9 Å². The zero-order valence-electron chi connectivity index (χ0n) is 13.2. The normalized spacial score (nSPS) is 16.9. The molecule has 1 N–H and O–H groups in total. The summed E-state index contributed by atoms with van der Waals surface area (Å²) in [4.78, 5) is 14.0. The van der Waals surface area contributed by atoms with E-state index in [0.717, 1.165) is 43.6 Å². The third-order valence-electron chi connectivity index (χ3n) is 4.30. The lowest BCUT2D eigenvalue weighted by atomic mass is 9.96. The highest BCUT2D eigenvalue weighted by Crippen LogP contribution is 2.26. The molecule has 0 spiro atoms. The van der Waals surface area contributed by atoms with E-state index in [1.807, 2.05) is 19.9 Å². The van der Waals surface area contributed by atoms with E-state index in [4.69, 9.17) is 4.74 Å². The Kier molecular flexibility index (Phi) is 5.23. The van der Waals surface area contributed by atoms with Gasteiger partial charge >= 0.3 is 5.97 Å². The molecule has 0 saturated carbocycles. The fraction of sp³-hybridized carbons (Fsp3) is 0.588. The standard InChI is InChI=1S/C17H25NO3/c1-4-21-17(20)14-5-7-18(8-6-14)11-15-9-12(2)13(3)10-16(15)19/h9-10,14,19H,4-8,11H2,1-3H3. The van der Waals surface area contributed by atoms with E-state index in [2.05, 4.69) is 17.9 Å². The van der Waals surface area contributed by atoms with Gasteiger partial charge in [0.05, 0.1) is 12.5 Å². The number of carbonyl (C=O) groups excluding carboxylic acids is 1. The van der Waals surface area contributed by atoms with E-state index >= 15 is 0 Å². The van der Waals surface area contributed by atoms with Gasteiger partial charge in [-0.2, -0.15) is 0 Å². The number of esters is 1. The molecule has 1 aromatic rings. The minimum absolute atomic E-state index is 0.0366. The molecule has 1 heterocycles. The van der Waals surface area contributed by atoms with E-state index in [1.165, 1.54) is 5.56 Å². The molecule has 0 atom stereocenters. The second kappa shape index (κ2) is 6.94. The van der Waals surface area contributed by atoms with E-state index < -0.39 is 0 Å². The first-order valence-electron chi connectivity index (χ1n) is 7.69. The molecule has 4 heteroatoms. The number of piperidine rings is 1. The number of aromatic hydroxyl groups is 1. The Morgan fingerprint density at radius 2 is 1.90 bits per heavy atom. The van der Waals surface area contributed by atoms with E-state index in [9.17, 15) is 9.90 Å². The number of likely N-dealkylation sites (tertiary alicyclic amines) is 1. The highest BCUT2D eigenvalue weighted by molar-refractivity contribution is 5.72. The van der Waals surface area contributed by atoms with Crippen LogP contribution in [0, 0.1) is 19.8 Å². The Morgan fingerprint density at radius 3 is 2.52 bits per heavy atom. The minimum atomic E-state index is -0.0637. The molecule has 0 radical (unpaired) electrons. The molecule has 116 valence electrons. The zero-order chi connectivity index (χ0) is 15.4. The van der Waals surface area contributed by atoms with Crippen LogP contribution in [0.4, 0.5) is 0 Å². The molecule has 21 heavy (non-hydrogen) atoms. The summed E-state index contributed by atoms with van der Waals surface area (Å²) in [7, 11) is 0. The lowest BCUT2D eigenvalue weighted by molar-refractivity contribution is -0.149. The van der Waals surface area contributed by atoms with Gasteiger partial charge in [-0.1, -0.05) is 6.07 Å². The molecule has 4 nitrogen and oxygen atoms in total. The smallest absolute Gasteiger partial charge is 0.309 e. The van der Waals surface area contributed by atoms with Crippen LogP contribution in [-0.2, 0) is 16.1 Å². The van der Waals surface area contributed by atoms with Crippen LogP contribution in [0.5, 0.6) is 5.75 Å². The lowest BCUT2D eigenvalue weighted by Gasteiger charge is -2.31. The Balaban J connectivity index is 1.92. The van der Waals surface area contributed by atoms with Crippen molar-refractivity contribution in [2.24, 2.45) is 5.92 Å². The highest BCUT2D eigenvalue weighted by atomic mass is 16.5. The van der Waals surface area contributed by atoms with Crippen LogP contribution >= 0.6 is 0 Å². The van der Waals surface area contributed by atoms with E-state index in [0.29, 0.717) is 12.4 Å². The van der Waals surface area contributed by atoms with Crippen molar-refractivity contribution in [1.29, 1.82) is 0 Å². The van der Waals surface area contributed by atoms with Gasteiger partial charge in [-0.25, -0.2) is 0 Å². The third-order valence-corrected chi connectivity index (χ3v) is 4.30. The largest absolute Gasteiger partial charge is 0.508 e. The molecule has 1 aromatic carbocycles. The summed E-state index contributed by atoms with van der Waals surface area (Å²) in [5.41, 5.74) is 3.27. The first-order valence-corrected chi connectivity index (χ1v) is 7.69. The SMILES string of the molecule is CCOC(=O)C1CCN(Cc2cc(C)c(C)cc2O)CC1. The van der Waals surface area contributed by atoms with Crippen molar-refractivity contribution in [2.45, 2.75) is 40.2 Å². The number of aryl methyl sites for hydroxylation is 2. The van der Waals surface area contributed by atoms with Gasteiger partial charge in [0.2, 0.25) is 0 Å². The predicted octanol–water partition coefficient (Wildman–Crippen LogP) is 2.78. The highest BCUT2D eigenvalue weighted by Gasteiger charge is 2.26. The van der Waals surface area contributed by atoms with Crippen molar-refractivity contribution < 1.29 is 14.6 Å². The third kappa shape index (κ3) is 3.97. The molecule has 2 rings (SSSR count). The number of rotatable bonds is 4. The molecular weight excluding hydrogens is 266 g/mol. The number of carbonyl (C=O) groups is 1. The van der Waals surface area contributed by atoms with Gasteiger partial charge in [0.25, 0.3) is 0 Å². The second-order valence-electron chi connectivity index (χ2n) is 5.87. The Bertz CT molecular complexity index is 505. The summed E-state index contributed by atoms with van der Waals surface area (Å²) in [6.07, 6.45) is 1.68. The zero-order valence-corrected chi connectivity index (χ0v) is 13.2. The number of phenolic OH excluding ortho intramolecular Hbond substituents is 1. The van der Waals surface area contributed by atoms with Gasteiger partial charge in [0, 0.05) is 12.1 Å². The fourth-order valence-electron chi connectivity index (χ4n) is 2.82. The van der Waals surface area contributed by atoms with Crippen LogP contribution < -0.4 is 0 Å². The van der Waals surface area contributed by atoms with Crippen molar-refractivity contribution in [3.8, 4) is 5.75 Å². The predicted molar refractivity (Wildman–Crippen MR) is 82.2 cm³/mol. The van der Waals surface area contributed by atoms with Crippen LogP contribution in [0.3, 0.4) is 0 Å². The maximum Gasteiger partial charge on any atom is 0.309 e. The summed E-state index contributed by atoms with van der Waals surface area (Å²) in [6, 6.07) is 3.89. The van der Waals surface area contributed by atoms with Gasteiger partial charge in [-0.3, -0.25) is 9.69 Å². The molecular formula is C17H25NO3. The summed E-state index contributed by atoms with van der Waals surface area (Å²) in [5, 5.41) is 10.1. The molecule has 1 fully saturated rings. The average Bonchev–Trinajstić information content (AvgIpc) is 2.46. The first-order chi connectivity index (χ1) is 10.0. The van der Waals surface area contributed by atoms with Gasteiger partial charge in [-0.15, -0.1) is 0 Å². The topological polar surface area (TPSA) is 49.8 Å². The van der Waals surface area contributed by atoms with Crippen molar-refractivity contribution in [1.82, 2.24) is 4.90 Å². The van der Waals surface area contributed by atoms with Crippen molar-refractivity contribution in [2.75, 3.05) is 19.7 Å². The van der Waals surface area contributed by atoms with Crippen LogP contribution in [0.25, 0.3) is 0 Å². The lowest BCUT2D eigenvalue weighted by Crippen LogP contribution is -2.36. The van der Waals surface area contributed by atoms with Crippen LogP contribution in [0.1, 0.15) is 36.5 Å². The van der Waals surface area contributed by atoms with Crippen molar-refractivity contribution in [3.63, 3.8) is 0 Å². The summed E-state index contributed by atoms with van der Waals surface area (Å²) >= 11 is 0. The monoisotopic (exact) mass is 291 g/mol. The summed E-state index contributed by atoms with van der Waals surface area (Å²) in [5.74, 6) is 0.339. The van der Waals surface area contributed by atoms with Crippen molar-refractivity contribution in [3.05, 3.63) is 28.8 Å². The van der Waals surface area contributed by atoms with Gasteiger partial charge in [0.15, 0.2) is 0 Å². The molecule has 0 bridgehead atoms. The van der Waals surface area contributed by atoms with Crippen LogP contribution in [-0.4, -0.2) is 35.7 Å². The molecule has 1 saturated heterocycles. The number of hydrogen-bond acceptors (Lipinski definition) is 4. The Hall–Kier alpha value is -1.55. The average molecular weight is 291 g/mol. The van der Waals surface area contributed by atoms with Crippen molar-refractivity contribution >= 4 is 5.97 Å². The molecule has 1 aliphatic heterocycles. The molecule has 0 amide bonds.